The summed E-state index contributed by atoms with van der Waals surface area (Å²) >= 11 is 0. The SMILES string of the molecule is CCC1(CNc2cc(C)nc(NN)n2)CCCC1. The van der Waals surface area contributed by atoms with Crippen molar-refractivity contribution in [3.05, 3.63) is 11.8 Å². The molecule has 0 atom stereocenters. The van der Waals surface area contributed by atoms with Gasteiger partial charge in [-0.25, -0.2) is 10.8 Å². The van der Waals surface area contributed by atoms with Crippen LogP contribution in [-0.2, 0) is 0 Å². The van der Waals surface area contributed by atoms with Gasteiger partial charge in [0, 0.05) is 18.3 Å². The van der Waals surface area contributed by atoms with Crippen molar-refractivity contribution < 1.29 is 0 Å². The molecule has 5 heteroatoms. The number of aromatic nitrogens is 2. The van der Waals surface area contributed by atoms with Crippen LogP contribution in [0.5, 0.6) is 0 Å². The highest BCUT2D eigenvalue weighted by Gasteiger charge is 2.31. The normalized spacial score (nSPS) is 17.7. The molecular weight excluding hydrogens is 226 g/mol. The molecule has 4 N–H and O–H groups in total. The number of rotatable bonds is 5. The molecule has 1 fully saturated rings. The average molecular weight is 249 g/mol. The summed E-state index contributed by atoms with van der Waals surface area (Å²) in [4.78, 5) is 8.50. The lowest BCUT2D eigenvalue weighted by Crippen LogP contribution is -2.26. The van der Waals surface area contributed by atoms with Gasteiger partial charge in [-0.15, -0.1) is 0 Å². The zero-order valence-corrected chi connectivity index (χ0v) is 11.3. The minimum atomic E-state index is 0.454. The summed E-state index contributed by atoms with van der Waals surface area (Å²) in [5, 5.41) is 3.45. The van der Waals surface area contributed by atoms with Crippen molar-refractivity contribution in [1.82, 2.24) is 9.97 Å². The minimum absolute atomic E-state index is 0.454. The number of anilines is 2. The molecule has 0 amide bonds. The molecule has 1 aliphatic rings. The molecule has 1 aromatic rings. The van der Waals surface area contributed by atoms with Crippen molar-refractivity contribution in [2.45, 2.75) is 46.0 Å². The van der Waals surface area contributed by atoms with Gasteiger partial charge in [-0.1, -0.05) is 19.8 Å². The van der Waals surface area contributed by atoms with Crippen molar-refractivity contribution in [2.75, 3.05) is 17.3 Å². The summed E-state index contributed by atoms with van der Waals surface area (Å²) in [5.74, 6) is 6.68. The van der Waals surface area contributed by atoms with Crippen molar-refractivity contribution >= 4 is 11.8 Å². The zero-order valence-electron chi connectivity index (χ0n) is 11.3. The number of nitrogens with one attached hydrogen (secondary N) is 2. The predicted octanol–water partition coefficient (Wildman–Crippen LogP) is 2.45. The van der Waals surface area contributed by atoms with Gasteiger partial charge >= 0.3 is 0 Å². The number of nitrogens with zero attached hydrogens (tertiary/aromatic N) is 2. The summed E-state index contributed by atoms with van der Waals surface area (Å²) in [5.41, 5.74) is 3.87. The monoisotopic (exact) mass is 249 g/mol. The Kier molecular flexibility index (Phi) is 4.01. The van der Waals surface area contributed by atoms with Crippen LogP contribution in [-0.4, -0.2) is 16.5 Å². The largest absolute Gasteiger partial charge is 0.369 e. The fourth-order valence-corrected chi connectivity index (χ4v) is 2.78. The second-order valence-electron chi connectivity index (χ2n) is 5.28. The summed E-state index contributed by atoms with van der Waals surface area (Å²) < 4.78 is 0. The lowest BCUT2D eigenvalue weighted by molar-refractivity contribution is 0.306. The first-order valence-electron chi connectivity index (χ1n) is 6.74. The van der Waals surface area contributed by atoms with Crippen LogP contribution in [0.1, 0.15) is 44.7 Å². The Hall–Kier alpha value is -1.36. The lowest BCUT2D eigenvalue weighted by Gasteiger charge is -2.28. The van der Waals surface area contributed by atoms with E-state index in [1.807, 2.05) is 13.0 Å². The number of hydrogen-bond acceptors (Lipinski definition) is 5. The van der Waals surface area contributed by atoms with Gasteiger partial charge in [0.25, 0.3) is 0 Å². The van der Waals surface area contributed by atoms with Gasteiger partial charge in [0.2, 0.25) is 5.95 Å². The first kappa shape index (κ1) is 13.1. The molecule has 1 saturated carbocycles. The first-order valence-corrected chi connectivity index (χ1v) is 6.74. The standard InChI is InChI=1S/C13H23N5/c1-3-13(6-4-5-7-13)9-15-11-8-10(2)16-12(17-11)18-14/h8H,3-7,9,14H2,1-2H3,(H2,15,16,17,18). The van der Waals surface area contributed by atoms with Crippen LogP contribution >= 0.6 is 0 Å². The van der Waals surface area contributed by atoms with Gasteiger partial charge in [-0.2, -0.15) is 4.98 Å². The number of nitrogens with two attached hydrogens (primary N) is 1. The van der Waals surface area contributed by atoms with Gasteiger partial charge in [0.15, 0.2) is 0 Å². The molecule has 1 aliphatic carbocycles. The Morgan fingerprint density at radius 3 is 2.67 bits per heavy atom. The van der Waals surface area contributed by atoms with Crippen LogP contribution in [0.2, 0.25) is 0 Å². The first-order chi connectivity index (χ1) is 8.67. The average Bonchev–Trinajstić information content (AvgIpc) is 2.85. The predicted molar refractivity (Wildman–Crippen MR) is 74.3 cm³/mol. The van der Waals surface area contributed by atoms with Crippen molar-refractivity contribution in [1.29, 1.82) is 0 Å². The van der Waals surface area contributed by atoms with Crippen LogP contribution in [0.4, 0.5) is 11.8 Å². The van der Waals surface area contributed by atoms with E-state index < -0.39 is 0 Å². The van der Waals surface area contributed by atoms with E-state index in [1.54, 1.807) is 0 Å². The molecule has 1 aromatic heterocycles. The molecule has 1 heterocycles. The Bertz CT molecular complexity index is 398. The molecular formula is C13H23N5. The fraction of sp³-hybridized carbons (Fsp3) is 0.692. The second kappa shape index (κ2) is 5.52. The van der Waals surface area contributed by atoms with E-state index in [0.29, 0.717) is 11.4 Å². The molecule has 0 radical (unpaired) electrons. The highest BCUT2D eigenvalue weighted by Crippen LogP contribution is 2.40. The molecule has 5 nitrogen and oxygen atoms in total. The number of hydrazine groups is 1. The topological polar surface area (TPSA) is 75.9 Å². The number of hydrogen-bond donors (Lipinski definition) is 3. The maximum Gasteiger partial charge on any atom is 0.239 e. The Labute approximate surface area is 109 Å². The molecule has 100 valence electrons. The van der Waals surface area contributed by atoms with Gasteiger partial charge in [0.05, 0.1) is 0 Å². The molecule has 0 aliphatic heterocycles. The van der Waals surface area contributed by atoms with Crippen molar-refractivity contribution in [2.24, 2.45) is 11.3 Å². The third kappa shape index (κ3) is 2.90. The molecule has 0 spiro atoms. The van der Waals surface area contributed by atoms with Crippen LogP contribution in [0.25, 0.3) is 0 Å². The van der Waals surface area contributed by atoms with E-state index >= 15 is 0 Å². The summed E-state index contributed by atoms with van der Waals surface area (Å²) in [6.07, 6.45) is 6.58. The van der Waals surface area contributed by atoms with E-state index in [9.17, 15) is 0 Å². The summed E-state index contributed by atoms with van der Waals surface area (Å²) in [6.45, 7) is 5.22. The Morgan fingerprint density at radius 1 is 1.33 bits per heavy atom. The van der Waals surface area contributed by atoms with Crippen LogP contribution in [0, 0.1) is 12.3 Å². The number of nitrogen functional groups attached to an aromatic ring is 1. The smallest absolute Gasteiger partial charge is 0.239 e. The molecule has 0 saturated heterocycles. The summed E-state index contributed by atoms with van der Waals surface area (Å²) in [6, 6.07) is 1.96. The lowest BCUT2D eigenvalue weighted by atomic mass is 9.83. The zero-order chi connectivity index (χ0) is 13.0. The van der Waals surface area contributed by atoms with Crippen LogP contribution in [0.15, 0.2) is 6.07 Å². The Balaban J connectivity index is 2.03. The molecule has 0 unspecified atom stereocenters. The van der Waals surface area contributed by atoms with Crippen molar-refractivity contribution in [3.8, 4) is 0 Å². The van der Waals surface area contributed by atoms with Gasteiger partial charge in [-0.05, 0) is 31.6 Å². The Morgan fingerprint density at radius 2 is 2.06 bits per heavy atom. The van der Waals surface area contributed by atoms with Gasteiger partial charge in [-0.3, -0.25) is 5.43 Å². The van der Waals surface area contributed by atoms with E-state index in [-0.39, 0.29) is 0 Å². The van der Waals surface area contributed by atoms with Crippen molar-refractivity contribution in [3.63, 3.8) is 0 Å². The van der Waals surface area contributed by atoms with Crippen LogP contribution < -0.4 is 16.6 Å². The second-order valence-corrected chi connectivity index (χ2v) is 5.28. The summed E-state index contributed by atoms with van der Waals surface area (Å²) in [7, 11) is 0. The van der Waals surface area contributed by atoms with E-state index in [0.717, 1.165) is 18.1 Å². The van der Waals surface area contributed by atoms with Crippen LogP contribution in [0.3, 0.4) is 0 Å². The van der Waals surface area contributed by atoms with Gasteiger partial charge in [0.1, 0.15) is 5.82 Å². The number of aryl methyl sites for hydroxylation is 1. The fourth-order valence-electron chi connectivity index (χ4n) is 2.78. The maximum atomic E-state index is 5.36. The van der Waals surface area contributed by atoms with E-state index in [1.165, 1.54) is 32.1 Å². The maximum absolute atomic E-state index is 5.36. The molecule has 2 rings (SSSR count). The molecule has 0 aromatic carbocycles. The van der Waals surface area contributed by atoms with E-state index in [2.05, 4.69) is 27.6 Å². The van der Waals surface area contributed by atoms with Gasteiger partial charge < -0.3 is 5.32 Å². The highest BCUT2D eigenvalue weighted by molar-refractivity contribution is 5.41. The molecule has 0 bridgehead atoms. The minimum Gasteiger partial charge on any atom is -0.369 e. The third-order valence-electron chi connectivity index (χ3n) is 4.04. The quantitative estimate of drug-likeness (QED) is 0.552. The van der Waals surface area contributed by atoms with E-state index in [4.69, 9.17) is 5.84 Å². The highest BCUT2D eigenvalue weighted by atomic mass is 15.3. The molecule has 18 heavy (non-hydrogen) atoms. The third-order valence-corrected chi connectivity index (χ3v) is 4.04.